The molecule has 1 saturated heterocycles. The van der Waals surface area contributed by atoms with Gasteiger partial charge in [-0.05, 0) is 50.3 Å². The van der Waals surface area contributed by atoms with Crippen molar-refractivity contribution in [2.75, 3.05) is 20.2 Å². The van der Waals surface area contributed by atoms with Gasteiger partial charge in [0.05, 0.1) is 19.3 Å². The van der Waals surface area contributed by atoms with E-state index in [9.17, 15) is 15.0 Å². The van der Waals surface area contributed by atoms with E-state index >= 15 is 0 Å². The van der Waals surface area contributed by atoms with E-state index in [2.05, 4.69) is 0 Å². The lowest BCUT2D eigenvalue weighted by Crippen LogP contribution is -2.37. The number of ether oxygens (including phenoxy) is 2. The number of aliphatic hydroxyl groups excluding tert-OH is 1. The summed E-state index contributed by atoms with van der Waals surface area (Å²) in [5.41, 5.74) is 0.434. The average Bonchev–Trinajstić information content (AvgIpc) is 3.23. The molecule has 2 fully saturated rings. The molecule has 2 N–H and O–H groups in total. The summed E-state index contributed by atoms with van der Waals surface area (Å²) >= 11 is 0. The minimum absolute atomic E-state index is 0.101. The number of aliphatic hydroxyl groups is 1. The smallest absolute Gasteiger partial charge is 0.407 e. The summed E-state index contributed by atoms with van der Waals surface area (Å²) < 4.78 is 11.6. The summed E-state index contributed by atoms with van der Waals surface area (Å²) in [6, 6.07) is 5.80. The Hall–Kier alpha value is -1.95. The van der Waals surface area contributed by atoms with Crippen LogP contribution < -0.4 is 9.47 Å². The van der Waals surface area contributed by atoms with Crippen molar-refractivity contribution in [3.63, 3.8) is 0 Å². The Bertz CT molecular complexity index is 656. The fourth-order valence-corrected chi connectivity index (χ4v) is 4.26. The molecule has 0 spiro atoms. The number of likely N-dealkylation sites (tertiary alicyclic amines) is 1. The van der Waals surface area contributed by atoms with Crippen LogP contribution in [0.4, 0.5) is 4.79 Å². The van der Waals surface area contributed by atoms with Gasteiger partial charge in [-0.2, -0.15) is 0 Å². The highest BCUT2D eigenvalue weighted by Gasteiger charge is 2.48. The highest BCUT2D eigenvalue weighted by atomic mass is 16.5. The normalized spacial score (nSPS) is 27.5. The highest BCUT2D eigenvalue weighted by Crippen LogP contribution is 2.47. The molecular formula is C20H29NO5. The molecule has 3 atom stereocenters. The zero-order valence-corrected chi connectivity index (χ0v) is 15.8. The largest absolute Gasteiger partial charge is 0.493 e. The predicted molar refractivity (Wildman–Crippen MR) is 98.0 cm³/mol. The number of rotatable bonds is 5. The van der Waals surface area contributed by atoms with Crippen molar-refractivity contribution in [3.05, 3.63) is 23.8 Å². The summed E-state index contributed by atoms with van der Waals surface area (Å²) in [7, 11) is 1.62. The van der Waals surface area contributed by atoms with Gasteiger partial charge in [0.2, 0.25) is 0 Å². The number of amides is 1. The second kappa shape index (κ2) is 7.35. The van der Waals surface area contributed by atoms with Gasteiger partial charge in [-0.25, -0.2) is 4.79 Å². The van der Waals surface area contributed by atoms with Crippen molar-refractivity contribution in [3.8, 4) is 11.5 Å². The number of nitrogens with zero attached hydrogens (tertiary/aromatic N) is 1. The van der Waals surface area contributed by atoms with Crippen LogP contribution in [0.25, 0.3) is 0 Å². The number of carboxylic acid groups (broad SMARTS) is 1. The maximum atomic E-state index is 11.5. The van der Waals surface area contributed by atoms with Crippen molar-refractivity contribution in [2.24, 2.45) is 5.41 Å². The van der Waals surface area contributed by atoms with E-state index in [1.807, 2.05) is 25.1 Å². The zero-order valence-electron chi connectivity index (χ0n) is 15.8. The molecule has 0 aromatic heterocycles. The quantitative estimate of drug-likeness (QED) is 0.837. The van der Waals surface area contributed by atoms with E-state index in [0.29, 0.717) is 24.6 Å². The highest BCUT2D eigenvalue weighted by molar-refractivity contribution is 5.66. The molecule has 3 rings (SSSR count). The molecule has 0 radical (unpaired) electrons. The number of methoxy groups -OCH3 is 1. The summed E-state index contributed by atoms with van der Waals surface area (Å²) in [6.07, 6.45) is 3.10. The van der Waals surface area contributed by atoms with Gasteiger partial charge in [-0.3, -0.25) is 0 Å². The summed E-state index contributed by atoms with van der Waals surface area (Å²) in [6.45, 7) is 4.37. The lowest BCUT2D eigenvalue weighted by molar-refractivity contribution is 0.0481. The zero-order chi connectivity index (χ0) is 18.9. The Balaban J connectivity index is 1.92. The van der Waals surface area contributed by atoms with E-state index in [0.717, 1.165) is 18.4 Å². The van der Waals surface area contributed by atoms with Crippen LogP contribution in [0, 0.1) is 5.41 Å². The Morgan fingerprint density at radius 1 is 1.31 bits per heavy atom. The molecule has 0 unspecified atom stereocenters. The molecule has 1 aromatic rings. The van der Waals surface area contributed by atoms with Crippen molar-refractivity contribution < 1.29 is 24.5 Å². The fourth-order valence-electron chi connectivity index (χ4n) is 4.26. The molecule has 1 aromatic carbocycles. The van der Waals surface area contributed by atoms with Gasteiger partial charge in [0.25, 0.3) is 0 Å². The standard InChI is InChI=1S/C20H29NO5/c1-13(22)20(2)12-21(19(23)24)11-16(20)14-8-9-17(25-3)18(10-14)26-15-6-4-5-7-15/h8-10,13,15-16,22H,4-7,11-12H2,1-3H3,(H,23,24)/t13-,16-,20-/m1/s1. The first-order chi connectivity index (χ1) is 12.3. The van der Waals surface area contributed by atoms with Gasteiger partial charge in [-0.15, -0.1) is 0 Å². The predicted octanol–water partition coefficient (Wildman–Crippen LogP) is 3.48. The second-order valence-corrected chi connectivity index (χ2v) is 7.83. The van der Waals surface area contributed by atoms with E-state index in [1.54, 1.807) is 14.0 Å². The summed E-state index contributed by atoms with van der Waals surface area (Å²) in [4.78, 5) is 12.9. The molecular weight excluding hydrogens is 334 g/mol. The molecule has 0 bridgehead atoms. The number of carbonyl (C=O) groups is 1. The molecule has 2 aliphatic rings. The molecule has 1 saturated carbocycles. The van der Waals surface area contributed by atoms with Crippen LogP contribution in [-0.2, 0) is 0 Å². The van der Waals surface area contributed by atoms with E-state index in [-0.39, 0.29) is 12.0 Å². The van der Waals surface area contributed by atoms with Crippen LogP contribution in [0.3, 0.4) is 0 Å². The average molecular weight is 363 g/mol. The summed E-state index contributed by atoms with van der Waals surface area (Å²) in [5, 5.41) is 19.8. The summed E-state index contributed by atoms with van der Waals surface area (Å²) in [5.74, 6) is 1.29. The van der Waals surface area contributed by atoms with Crippen LogP contribution in [0.5, 0.6) is 11.5 Å². The van der Waals surface area contributed by atoms with Crippen molar-refractivity contribution in [1.82, 2.24) is 4.90 Å². The van der Waals surface area contributed by atoms with Gasteiger partial charge in [0.15, 0.2) is 11.5 Å². The Kier molecular flexibility index (Phi) is 5.32. The number of benzene rings is 1. The van der Waals surface area contributed by atoms with Crippen molar-refractivity contribution in [1.29, 1.82) is 0 Å². The first-order valence-electron chi connectivity index (χ1n) is 9.35. The van der Waals surface area contributed by atoms with Crippen LogP contribution in [0.15, 0.2) is 18.2 Å². The van der Waals surface area contributed by atoms with E-state index in [4.69, 9.17) is 9.47 Å². The molecule has 6 heteroatoms. The van der Waals surface area contributed by atoms with Crippen LogP contribution in [-0.4, -0.2) is 53.6 Å². The van der Waals surface area contributed by atoms with Gasteiger partial charge < -0.3 is 24.6 Å². The van der Waals surface area contributed by atoms with Crippen LogP contribution >= 0.6 is 0 Å². The van der Waals surface area contributed by atoms with Crippen LogP contribution in [0.2, 0.25) is 0 Å². The fraction of sp³-hybridized carbons (Fsp3) is 0.650. The molecule has 26 heavy (non-hydrogen) atoms. The first kappa shape index (κ1) is 18.8. The minimum atomic E-state index is -0.949. The van der Waals surface area contributed by atoms with Crippen LogP contribution in [0.1, 0.15) is 51.0 Å². The van der Waals surface area contributed by atoms with Gasteiger partial charge in [-0.1, -0.05) is 13.0 Å². The van der Waals surface area contributed by atoms with E-state index in [1.165, 1.54) is 17.7 Å². The second-order valence-electron chi connectivity index (χ2n) is 7.83. The lowest BCUT2D eigenvalue weighted by Gasteiger charge is -2.33. The van der Waals surface area contributed by atoms with Gasteiger partial charge >= 0.3 is 6.09 Å². The maximum absolute atomic E-state index is 11.5. The third-order valence-electron chi connectivity index (χ3n) is 6.14. The van der Waals surface area contributed by atoms with Crippen molar-refractivity contribution >= 4 is 6.09 Å². The molecule has 1 aliphatic carbocycles. The molecule has 144 valence electrons. The third-order valence-corrected chi connectivity index (χ3v) is 6.14. The first-order valence-corrected chi connectivity index (χ1v) is 9.35. The van der Waals surface area contributed by atoms with Gasteiger partial charge in [0.1, 0.15) is 0 Å². The minimum Gasteiger partial charge on any atom is -0.493 e. The molecule has 6 nitrogen and oxygen atoms in total. The monoisotopic (exact) mass is 363 g/mol. The molecule has 1 aliphatic heterocycles. The Morgan fingerprint density at radius 2 is 2.00 bits per heavy atom. The molecule has 1 amide bonds. The number of hydrogen-bond acceptors (Lipinski definition) is 4. The van der Waals surface area contributed by atoms with E-state index < -0.39 is 17.6 Å². The lowest BCUT2D eigenvalue weighted by atomic mass is 9.72. The topological polar surface area (TPSA) is 79.2 Å². The SMILES string of the molecule is COc1ccc([C@H]2CN(C(=O)O)C[C@]2(C)[C@@H](C)O)cc1OC1CCCC1. The number of hydrogen-bond donors (Lipinski definition) is 2. The Labute approximate surface area is 154 Å². The molecule has 1 heterocycles. The third kappa shape index (κ3) is 3.47. The maximum Gasteiger partial charge on any atom is 0.407 e. The van der Waals surface area contributed by atoms with Crippen molar-refractivity contribution in [2.45, 2.75) is 57.7 Å². The van der Waals surface area contributed by atoms with Gasteiger partial charge in [0, 0.05) is 24.4 Å². The Morgan fingerprint density at radius 3 is 2.58 bits per heavy atom.